The zero-order chi connectivity index (χ0) is 34.1. The molecule has 3 aliphatic rings. The summed E-state index contributed by atoms with van der Waals surface area (Å²) in [5.41, 5.74) is -1.32. The molecule has 2 amide bonds. The van der Waals surface area contributed by atoms with E-state index in [0.29, 0.717) is 16.5 Å². The summed E-state index contributed by atoms with van der Waals surface area (Å²) in [5.74, 6) is -2.59. The molecule has 0 bridgehead atoms. The first-order chi connectivity index (χ1) is 22.1. The molecule has 3 aromatic carbocycles. The quantitative estimate of drug-likeness (QED) is 0.359. The molecule has 16 heteroatoms. The molecule has 0 radical (unpaired) electrons. The van der Waals surface area contributed by atoms with Crippen LogP contribution in [0.1, 0.15) is 23.1 Å². The molecule has 3 heterocycles. The van der Waals surface area contributed by atoms with E-state index in [1.54, 1.807) is 25.2 Å². The SMILES string of the molecule is CNC(=O)[C@@H]1C[C@@H](O)C[N+]1(C)C1(c2cccc3c2OCC3)C(=O)N(S(=O)(=O)c2ccc(OC)cc2OC(F)(F)F)c2ccc(Cl)cc21. The van der Waals surface area contributed by atoms with Crippen LogP contribution in [0.3, 0.4) is 0 Å². The van der Waals surface area contributed by atoms with Gasteiger partial charge >= 0.3 is 12.3 Å². The number of alkyl halides is 3. The molecule has 6 rings (SSSR count). The van der Waals surface area contributed by atoms with Crippen LogP contribution in [0.25, 0.3) is 0 Å². The van der Waals surface area contributed by atoms with Gasteiger partial charge in [0.05, 0.1) is 37.6 Å². The standard InChI is InChI=1S/C31H29ClF3N3O8S/c1-36-28(40)24-14-19(39)16-38(24,2)30(21-6-4-5-17-11-12-45-27(17)21)22-13-18(32)7-9-23(22)37(29(30)41)47(42,43)26-10-8-20(44-3)15-25(26)46-31(33,34)35/h4-10,13,15,19,24,39H,11-12,14,16H2,1-3H3/p+1/t19-,24+,30?,38?/m1/s1. The lowest BCUT2D eigenvalue weighted by Gasteiger charge is -2.48. The molecular weight excluding hydrogens is 667 g/mol. The van der Waals surface area contributed by atoms with Crippen LogP contribution in [0.5, 0.6) is 17.2 Å². The largest absolute Gasteiger partial charge is 0.573 e. The number of para-hydroxylation sites is 1. The molecule has 0 aromatic heterocycles. The van der Waals surface area contributed by atoms with Crippen molar-refractivity contribution in [1.82, 2.24) is 5.32 Å². The maximum atomic E-state index is 15.4. The highest BCUT2D eigenvalue weighted by atomic mass is 35.5. The van der Waals surface area contributed by atoms with Crippen LogP contribution in [-0.2, 0) is 31.6 Å². The first kappa shape index (κ1) is 32.9. The van der Waals surface area contributed by atoms with Gasteiger partial charge in [-0.05, 0) is 42.0 Å². The Morgan fingerprint density at radius 3 is 2.60 bits per heavy atom. The number of ether oxygens (including phenoxy) is 3. The fourth-order valence-corrected chi connectivity index (χ4v) is 9.01. The van der Waals surface area contributed by atoms with Gasteiger partial charge in [-0.1, -0.05) is 23.7 Å². The lowest BCUT2D eigenvalue weighted by Crippen LogP contribution is -2.69. The molecule has 4 atom stereocenters. The Balaban J connectivity index is 1.70. The topological polar surface area (TPSA) is 131 Å². The van der Waals surface area contributed by atoms with Gasteiger partial charge in [0.15, 0.2) is 11.8 Å². The number of fused-ring (bicyclic) bond motifs is 2. The highest BCUT2D eigenvalue weighted by Crippen LogP contribution is 2.59. The Kier molecular flexibility index (Phi) is 7.89. The van der Waals surface area contributed by atoms with Gasteiger partial charge in [0, 0.05) is 31.0 Å². The number of halogens is 4. The van der Waals surface area contributed by atoms with E-state index in [-0.39, 0.29) is 47.2 Å². The third kappa shape index (κ3) is 4.90. The smallest absolute Gasteiger partial charge is 0.497 e. The second kappa shape index (κ2) is 11.3. The van der Waals surface area contributed by atoms with Crippen LogP contribution in [0.15, 0.2) is 59.5 Å². The fourth-order valence-electron chi connectivity index (χ4n) is 7.28. The van der Waals surface area contributed by atoms with Crippen molar-refractivity contribution >= 4 is 39.1 Å². The number of quaternary nitrogens is 1. The van der Waals surface area contributed by atoms with Gasteiger partial charge in [0.2, 0.25) is 5.54 Å². The summed E-state index contributed by atoms with van der Waals surface area (Å²) in [6.07, 6.45) is -5.99. The number of carbonyl (C=O) groups excluding carboxylic acids is 2. The first-order valence-electron chi connectivity index (χ1n) is 14.4. The second-order valence-electron chi connectivity index (χ2n) is 11.7. The molecule has 2 unspecified atom stereocenters. The van der Waals surface area contributed by atoms with E-state index in [0.717, 1.165) is 23.8 Å². The molecule has 3 aromatic rings. The van der Waals surface area contributed by atoms with Crippen molar-refractivity contribution < 1.29 is 55.0 Å². The van der Waals surface area contributed by atoms with Crippen LogP contribution in [0.2, 0.25) is 5.02 Å². The molecule has 3 aliphatic heterocycles. The van der Waals surface area contributed by atoms with E-state index in [1.165, 1.54) is 32.4 Å². The number of hydrogen-bond donors (Lipinski definition) is 2. The van der Waals surface area contributed by atoms with Crippen molar-refractivity contribution in [2.75, 3.05) is 38.7 Å². The number of rotatable bonds is 7. The number of anilines is 1. The number of methoxy groups -OCH3 is 1. The van der Waals surface area contributed by atoms with Crippen molar-refractivity contribution in [2.45, 2.75) is 41.8 Å². The van der Waals surface area contributed by atoms with Gasteiger partial charge in [-0.2, -0.15) is 4.31 Å². The molecule has 2 N–H and O–H groups in total. The van der Waals surface area contributed by atoms with Crippen molar-refractivity contribution in [3.8, 4) is 17.2 Å². The van der Waals surface area contributed by atoms with Crippen molar-refractivity contribution in [2.24, 2.45) is 0 Å². The molecule has 0 aliphatic carbocycles. The van der Waals surface area contributed by atoms with E-state index in [4.69, 9.17) is 21.1 Å². The molecule has 1 fully saturated rings. The average molecular weight is 697 g/mol. The normalized spacial score (nSPS) is 25.3. The van der Waals surface area contributed by atoms with E-state index in [1.807, 2.05) is 0 Å². The van der Waals surface area contributed by atoms with Crippen molar-refractivity contribution in [3.63, 3.8) is 0 Å². The summed E-state index contributed by atoms with van der Waals surface area (Å²) in [4.78, 5) is 27.9. The lowest BCUT2D eigenvalue weighted by atomic mass is 9.78. The number of likely N-dealkylation sites (N-methyl/N-ethyl adjacent to an activating group) is 2. The third-order valence-electron chi connectivity index (χ3n) is 9.15. The number of nitrogens with one attached hydrogen (secondary N) is 1. The van der Waals surface area contributed by atoms with Crippen LogP contribution in [-0.4, -0.2) is 82.7 Å². The number of benzene rings is 3. The van der Waals surface area contributed by atoms with Crippen LogP contribution < -0.4 is 23.8 Å². The lowest BCUT2D eigenvalue weighted by molar-refractivity contribution is -0.953. The highest BCUT2D eigenvalue weighted by Gasteiger charge is 2.72. The predicted molar refractivity (Wildman–Crippen MR) is 162 cm³/mol. The maximum Gasteiger partial charge on any atom is 0.573 e. The monoisotopic (exact) mass is 696 g/mol. The Bertz CT molecular complexity index is 1910. The number of hydrogen-bond acceptors (Lipinski definition) is 8. The molecular formula is C31H30ClF3N3O8S+. The summed E-state index contributed by atoms with van der Waals surface area (Å²) >= 11 is 6.52. The Morgan fingerprint density at radius 2 is 1.91 bits per heavy atom. The second-order valence-corrected chi connectivity index (χ2v) is 13.9. The zero-order valence-corrected chi connectivity index (χ0v) is 26.9. The minimum Gasteiger partial charge on any atom is -0.497 e. The predicted octanol–water partition coefficient (Wildman–Crippen LogP) is 3.49. The van der Waals surface area contributed by atoms with Gasteiger partial charge in [-0.15, -0.1) is 13.2 Å². The summed E-state index contributed by atoms with van der Waals surface area (Å²) in [7, 11) is -1.06. The molecule has 0 spiro atoms. The third-order valence-corrected chi connectivity index (χ3v) is 11.1. The van der Waals surface area contributed by atoms with Gasteiger partial charge < -0.3 is 24.6 Å². The zero-order valence-electron chi connectivity index (χ0n) is 25.3. The number of amides is 2. The van der Waals surface area contributed by atoms with Gasteiger partial charge in [0.25, 0.3) is 15.9 Å². The van der Waals surface area contributed by atoms with E-state index >= 15 is 4.79 Å². The van der Waals surface area contributed by atoms with E-state index < -0.39 is 61.0 Å². The molecule has 250 valence electrons. The average Bonchev–Trinajstić information content (AvgIpc) is 3.68. The number of aliphatic hydroxyl groups is 1. The van der Waals surface area contributed by atoms with E-state index in [9.17, 15) is 31.5 Å². The van der Waals surface area contributed by atoms with Crippen LogP contribution >= 0.6 is 11.6 Å². The van der Waals surface area contributed by atoms with Crippen molar-refractivity contribution in [1.29, 1.82) is 0 Å². The number of sulfonamides is 1. The minimum absolute atomic E-state index is 0.0554. The van der Waals surface area contributed by atoms with Gasteiger partial charge in [0.1, 0.15) is 29.0 Å². The fraction of sp³-hybridized carbons (Fsp3) is 0.355. The molecule has 1 saturated heterocycles. The van der Waals surface area contributed by atoms with Crippen molar-refractivity contribution in [3.05, 3.63) is 76.3 Å². The number of likely N-dealkylation sites (tertiary alicyclic amines) is 1. The Morgan fingerprint density at radius 1 is 1.17 bits per heavy atom. The number of carbonyl (C=O) groups is 2. The molecule has 11 nitrogen and oxygen atoms in total. The molecule has 0 saturated carbocycles. The van der Waals surface area contributed by atoms with Gasteiger partial charge in [-0.3, -0.25) is 14.1 Å². The highest BCUT2D eigenvalue weighted by molar-refractivity contribution is 7.93. The van der Waals surface area contributed by atoms with E-state index in [2.05, 4.69) is 10.1 Å². The Labute approximate surface area is 273 Å². The molecule has 47 heavy (non-hydrogen) atoms. The van der Waals surface area contributed by atoms with Crippen LogP contribution in [0.4, 0.5) is 18.9 Å². The number of nitrogens with zero attached hydrogens (tertiary/aromatic N) is 2. The Hall–Kier alpha value is -4.05. The minimum atomic E-state index is -5.30. The first-order valence-corrected chi connectivity index (χ1v) is 16.3. The summed E-state index contributed by atoms with van der Waals surface area (Å²) in [5, 5.41) is 13.7. The maximum absolute atomic E-state index is 15.4. The summed E-state index contributed by atoms with van der Waals surface area (Å²) in [6, 6.07) is 10.7. The van der Waals surface area contributed by atoms with Crippen LogP contribution in [0, 0.1) is 0 Å². The number of aliphatic hydroxyl groups excluding tert-OH is 1. The van der Waals surface area contributed by atoms with Gasteiger partial charge in [-0.25, -0.2) is 8.42 Å². The summed E-state index contributed by atoms with van der Waals surface area (Å²) < 4.78 is 85.0. The summed E-state index contributed by atoms with van der Waals surface area (Å²) in [6.45, 7) is 0.0779.